The summed E-state index contributed by atoms with van der Waals surface area (Å²) in [6.07, 6.45) is 1.62. The van der Waals surface area contributed by atoms with Crippen molar-refractivity contribution < 1.29 is 4.74 Å². The summed E-state index contributed by atoms with van der Waals surface area (Å²) in [6.45, 7) is 4.29. The third kappa shape index (κ3) is 3.83. The van der Waals surface area contributed by atoms with Gasteiger partial charge in [-0.2, -0.15) is 4.98 Å². The van der Waals surface area contributed by atoms with Crippen molar-refractivity contribution in [1.29, 1.82) is 0 Å². The smallest absolute Gasteiger partial charge is 0.215 e. The lowest BCUT2D eigenvalue weighted by Crippen LogP contribution is -2.43. The average molecular weight is 305 g/mol. The second kappa shape index (κ2) is 6.74. The number of aromatic nitrogens is 2. The number of ether oxygens (including phenoxy) is 1. The molecule has 1 N–H and O–H groups in total. The topological polar surface area (TPSA) is 50.3 Å². The predicted molar refractivity (Wildman–Crippen MR) is 82.9 cm³/mol. The van der Waals surface area contributed by atoms with E-state index in [2.05, 4.69) is 20.2 Å². The van der Waals surface area contributed by atoms with E-state index < -0.39 is 0 Å². The maximum atomic E-state index is 5.81. The molecule has 0 radical (unpaired) electrons. The number of halogens is 1. The van der Waals surface area contributed by atoms with Gasteiger partial charge in [0.25, 0.3) is 0 Å². The standard InChI is InChI=1S/C15H17ClN4O/c16-12-4-5-13(18-10-12)11-21-15-3-1-2-14(19-15)20-8-6-17-7-9-20/h1-5,10,17H,6-9,11H2. The van der Waals surface area contributed by atoms with Crippen molar-refractivity contribution in [2.24, 2.45) is 0 Å². The minimum atomic E-state index is 0.384. The molecule has 1 fully saturated rings. The molecule has 0 aliphatic carbocycles. The maximum Gasteiger partial charge on any atom is 0.215 e. The van der Waals surface area contributed by atoms with E-state index in [4.69, 9.17) is 16.3 Å². The van der Waals surface area contributed by atoms with E-state index in [9.17, 15) is 0 Å². The van der Waals surface area contributed by atoms with E-state index in [0.717, 1.165) is 37.7 Å². The third-order valence-corrected chi connectivity index (χ3v) is 3.53. The van der Waals surface area contributed by atoms with Crippen LogP contribution in [0.15, 0.2) is 36.5 Å². The van der Waals surface area contributed by atoms with Gasteiger partial charge in [0.2, 0.25) is 5.88 Å². The Balaban J connectivity index is 1.64. The van der Waals surface area contributed by atoms with Crippen molar-refractivity contribution in [3.8, 4) is 5.88 Å². The maximum absolute atomic E-state index is 5.81. The minimum absolute atomic E-state index is 0.384. The van der Waals surface area contributed by atoms with Gasteiger partial charge in [0.15, 0.2) is 0 Å². The fraction of sp³-hybridized carbons (Fsp3) is 0.333. The summed E-state index contributed by atoms with van der Waals surface area (Å²) in [7, 11) is 0. The molecule has 0 saturated carbocycles. The largest absolute Gasteiger partial charge is 0.471 e. The second-order valence-corrected chi connectivity index (χ2v) is 5.26. The molecule has 1 saturated heterocycles. The lowest BCUT2D eigenvalue weighted by Gasteiger charge is -2.28. The highest BCUT2D eigenvalue weighted by Crippen LogP contribution is 2.17. The van der Waals surface area contributed by atoms with E-state index in [1.807, 2.05) is 24.3 Å². The van der Waals surface area contributed by atoms with Crippen LogP contribution < -0.4 is 15.0 Å². The van der Waals surface area contributed by atoms with Gasteiger partial charge in [-0.15, -0.1) is 0 Å². The van der Waals surface area contributed by atoms with Gasteiger partial charge < -0.3 is 15.0 Å². The molecule has 2 aromatic rings. The van der Waals surface area contributed by atoms with E-state index in [-0.39, 0.29) is 0 Å². The molecule has 0 amide bonds. The molecule has 1 aliphatic heterocycles. The Hall–Kier alpha value is -1.85. The molecule has 0 spiro atoms. The van der Waals surface area contributed by atoms with Crippen LogP contribution in [0.4, 0.5) is 5.82 Å². The molecule has 5 nitrogen and oxygen atoms in total. The summed E-state index contributed by atoms with van der Waals surface area (Å²) in [5.41, 5.74) is 0.828. The van der Waals surface area contributed by atoms with Crippen molar-refractivity contribution in [2.45, 2.75) is 6.61 Å². The molecular weight excluding hydrogens is 288 g/mol. The normalized spacial score (nSPS) is 15.0. The number of hydrogen-bond acceptors (Lipinski definition) is 5. The first-order valence-electron chi connectivity index (χ1n) is 6.97. The van der Waals surface area contributed by atoms with Crippen molar-refractivity contribution in [3.63, 3.8) is 0 Å². The van der Waals surface area contributed by atoms with Crippen LogP contribution in [0.3, 0.4) is 0 Å². The van der Waals surface area contributed by atoms with Crippen molar-refractivity contribution in [1.82, 2.24) is 15.3 Å². The molecule has 0 bridgehead atoms. The minimum Gasteiger partial charge on any atom is -0.471 e. The van der Waals surface area contributed by atoms with Crippen molar-refractivity contribution in [3.05, 3.63) is 47.2 Å². The predicted octanol–water partition coefficient (Wildman–Crippen LogP) is 2.12. The van der Waals surface area contributed by atoms with Gasteiger partial charge in [-0.3, -0.25) is 4.98 Å². The lowest BCUT2D eigenvalue weighted by molar-refractivity contribution is 0.289. The van der Waals surface area contributed by atoms with Crippen LogP contribution in [0.2, 0.25) is 5.02 Å². The number of hydrogen-bond donors (Lipinski definition) is 1. The summed E-state index contributed by atoms with van der Waals surface area (Å²) < 4.78 is 5.70. The Morgan fingerprint density at radius 3 is 2.81 bits per heavy atom. The molecular formula is C15H17ClN4O. The number of pyridine rings is 2. The lowest BCUT2D eigenvalue weighted by atomic mass is 10.3. The van der Waals surface area contributed by atoms with E-state index in [0.29, 0.717) is 17.5 Å². The zero-order valence-electron chi connectivity index (χ0n) is 11.6. The SMILES string of the molecule is Clc1ccc(COc2cccc(N3CCNCC3)n2)nc1. The number of nitrogens with one attached hydrogen (secondary N) is 1. The van der Waals surface area contributed by atoms with Crippen LogP contribution in [0.1, 0.15) is 5.69 Å². The van der Waals surface area contributed by atoms with Crippen molar-refractivity contribution >= 4 is 17.4 Å². The molecule has 0 unspecified atom stereocenters. The molecule has 1 aliphatic rings. The summed E-state index contributed by atoms with van der Waals surface area (Å²) in [4.78, 5) is 11.0. The van der Waals surface area contributed by atoms with Crippen LogP contribution in [0.5, 0.6) is 5.88 Å². The monoisotopic (exact) mass is 304 g/mol. The Kier molecular flexibility index (Phi) is 4.52. The summed E-state index contributed by atoms with van der Waals surface area (Å²) in [5.74, 6) is 1.57. The second-order valence-electron chi connectivity index (χ2n) is 4.83. The fourth-order valence-electron chi connectivity index (χ4n) is 2.19. The van der Waals surface area contributed by atoms with Crippen molar-refractivity contribution in [2.75, 3.05) is 31.1 Å². The van der Waals surface area contributed by atoms with Crippen LogP contribution in [0, 0.1) is 0 Å². The number of piperazine rings is 1. The highest BCUT2D eigenvalue weighted by molar-refractivity contribution is 6.30. The van der Waals surface area contributed by atoms with E-state index in [1.54, 1.807) is 12.3 Å². The molecule has 0 atom stereocenters. The van der Waals surface area contributed by atoms with E-state index in [1.165, 1.54) is 0 Å². The zero-order chi connectivity index (χ0) is 14.5. The summed E-state index contributed by atoms with van der Waals surface area (Å²) in [5, 5.41) is 3.95. The van der Waals surface area contributed by atoms with Gasteiger partial charge in [-0.1, -0.05) is 17.7 Å². The molecule has 3 rings (SSSR count). The summed E-state index contributed by atoms with van der Waals surface area (Å²) >= 11 is 5.81. The van der Waals surface area contributed by atoms with E-state index >= 15 is 0 Å². The first-order chi connectivity index (χ1) is 10.3. The summed E-state index contributed by atoms with van der Waals surface area (Å²) in [6, 6.07) is 9.50. The number of rotatable bonds is 4. The van der Waals surface area contributed by atoms with Gasteiger partial charge in [-0.05, 0) is 18.2 Å². The first kappa shape index (κ1) is 14.1. The molecule has 6 heteroatoms. The van der Waals surface area contributed by atoms with Gasteiger partial charge in [-0.25, -0.2) is 0 Å². The Labute approximate surface area is 128 Å². The molecule has 0 aromatic carbocycles. The van der Waals surface area contributed by atoms with Crippen LogP contribution in [-0.2, 0) is 6.61 Å². The van der Waals surface area contributed by atoms with Crippen LogP contribution in [-0.4, -0.2) is 36.1 Å². The fourth-order valence-corrected chi connectivity index (χ4v) is 2.31. The first-order valence-corrected chi connectivity index (χ1v) is 7.35. The molecule has 110 valence electrons. The van der Waals surface area contributed by atoms with Gasteiger partial charge >= 0.3 is 0 Å². The van der Waals surface area contributed by atoms with Crippen LogP contribution >= 0.6 is 11.6 Å². The number of nitrogens with zero attached hydrogens (tertiary/aromatic N) is 3. The van der Waals surface area contributed by atoms with Gasteiger partial charge in [0.05, 0.1) is 10.7 Å². The Morgan fingerprint density at radius 2 is 2.05 bits per heavy atom. The molecule has 2 aromatic heterocycles. The van der Waals surface area contributed by atoms with Gasteiger partial charge in [0, 0.05) is 38.4 Å². The highest BCUT2D eigenvalue weighted by Gasteiger charge is 2.12. The Bertz CT molecular complexity index is 584. The molecule has 21 heavy (non-hydrogen) atoms. The highest BCUT2D eigenvalue weighted by atomic mass is 35.5. The Morgan fingerprint density at radius 1 is 1.19 bits per heavy atom. The zero-order valence-corrected chi connectivity index (χ0v) is 12.4. The quantitative estimate of drug-likeness (QED) is 0.937. The number of anilines is 1. The van der Waals surface area contributed by atoms with Gasteiger partial charge in [0.1, 0.15) is 12.4 Å². The molecule has 3 heterocycles. The third-order valence-electron chi connectivity index (χ3n) is 3.31. The average Bonchev–Trinajstić information content (AvgIpc) is 2.55. The van der Waals surface area contributed by atoms with Crippen LogP contribution in [0.25, 0.3) is 0 Å².